The smallest absolute Gasteiger partial charge is 0.119 e. The van der Waals surface area contributed by atoms with E-state index in [0.717, 1.165) is 24.8 Å². The third-order valence-electron chi connectivity index (χ3n) is 7.16. The molecule has 0 spiro atoms. The maximum Gasteiger partial charge on any atom is 0.119 e. The van der Waals surface area contributed by atoms with Crippen LogP contribution in [0.4, 0.5) is 5.69 Å². The quantitative estimate of drug-likeness (QED) is 0.583. The minimum Gasteiger partial charge on any atom is -0.497 e. The zero-order valence-corrected chi connectivity index (χ0v) is 20.0. The molecule has 4 rings (SSSR count). The van der Waals surface area contributed by atoms with Gasteiger partial charge in [0.05, 0.1) is 7.11 Å². The lowest BCUT2D eigenvalue weighted by Crippen LogP contribution is -2.47. The highest BCUT2D eigenvalue weighted by Crippen LogP contribution is 2.53. The van der Waals surface area contributed by atoms with Crippen molar-refractivity contribution in [2.75, 3.05) is 44.7 Å². The van der Waals surface area contributed by atoms with Gasteiger partial charge in [0.2, 0.25) is 0 Å². The molecule has 3 nitrogen and oxygen atoms in total. The van der Waals surface area contributed by atoms with Gasteiger partial charge in [-0.2, -0.15) is 0 Å². The molecule has 1 aliphatic heterocycles. The topological polar surface area (TPSA) is 15.7 Å². The summed E-state index contributed by atoms with van der Waals surface area (Å²) in [6.45, 7) is 15.9. The van der Waals surface area contributed by atoms with Gasteiger partial charge in [-0.05, 0) is 78.5 Å². The summed E-state index contributed by atoms with van der Waals surface area (Å²) < 4.78 is 5.63. The van der Waals surface area contributed by atoms with Crippen molar-refractivity contribution in [1.82, 2.24) is 4.90 Å². The van der Waals surface area contributed by atoms with Crippen LogP contribution in [0.25, 0.3) is 0 Å². The molecule has 3 fully saturated rings. The summed E-state index contributed by atoms with van der Waals surface area (Å²) in [5, 5.41) is 0. The number of halogens is 1. The van der Waals surface area contributed by atoms with Crippen molar-refractivity contribution in [2.45, 2.75) is 65.7 Å². The normalized spacial score (nSPS) is 24.8. The largest absolute Gasteiger partial charge is 0.497 e. The molecule has 0 radical (unpaired) electrons. The van der Waals surface area contributed by atoms with Gasteiger partial charge >= 0.3 is 0 Å². The SMILES string of the molecule is COc1ccc(N2CCN(CC3CC3)CC2)c(C2CC(C)(C)CC(C)(C)C2)c1.Cl. The Morgan fingerprint density at radius 2 is 1.59 bits per heavy atom. The van der Waals surface area contributed by atoms with E-state index in [9.17, 15) is 0 Å². The summed E-state index contributed by atoms with van der Waals surface area (Å²) in [5.41, 5.74) is 3.78. The third-order valence-corrected chi connectivity index (χ3v) is 7.16. The lowest BCUT2D eigenvalue weighted by molar-refractivity contribution is 0.0969. The van der Waals surface area contributed by atoms with Crippen LogP contribution in [0, 0.1) is 16.7 Å². The van der Waals surface area contributed by atoms with Gasteiger partial charge in [-0.25, -0.2) is 0 Å². The first-order chi connectivity index (χ1) is 13.2. The van der Waals surface area contributed by atoms with E-state index in [1.54, 1.807) is 7.11 Å². The van der Waals surface area contributed by atoms with Crippen molar-refractivity contribution < 1.29 is 4.74 Å². The van der Waals surface area contributed by atoms with Gasteiger partial charge < -0.3 is 9.64 Å². The van der Waals surface area contributed by atoms with E-state index in [1.165, 1.54) is 63.0 Å². The average Bonchev–Trinajstić information content (AvgIpc) is 3.43. The number of hydrogen-bond acceptors (Lipinski definition) is 3. The van der Waals surface area contributed by atoms with Gasteiger partial charge in [0, 0.05) is 38.4 Å². The van der Waals surface area contributed by atoms with Gasteiger partial charge in [0.25, 0.3) is 0 Å². The number of piperazine rings is 1. The number of anilines is 1. The van der Waals surface area contributed by atoms with Crippen LogP contribution in [0.5, 0.6) is 5.75 Å². The minimum atomic E-state index is 0. The molecule has 4 heteroatoms. The molecule has 0 aromatic heterocycles. The first kappa shape index (κ1) is 22.7. The monoisotopic (exact) mass is 420 g/mol. The molecule has 2 saturated carbocycles. The first-order valence-corrected chi connectivity index (χ1v) is 11.4. The molecule has 1 aromatic carbocycles. The number of nitrogens with zero attached hydrogens (tertiary/aromatic N) is 2. The minimum absolute atomic E-state index is 0. The fourth-order valence-electron chi connectivity index (χ4n) is 6.18. The molecule has 0 unspecified atom stereocenters. The predicted octanol–water partition coefficient (Wildman–Crippen LogP) is 5.97. The van der Waals surface area contributed by atoms with Crippen molar-refractivity contribution in [3.05, 3.63) is 23.8 Å². The standard InChI is InChI=1S/C25H40N2O.ClH/c1-24(2)15-20(16-25(3,4)18-24)22-14-21(28-5)8-9-23(22)27-12-10-26(11-13-27)17-19-6-7-19;/h8-9,14,19-20H,6-7,10-13,15-18H2,1-5H3;1H. The molecule has 0 bridgehead atoms. The summed E-state index contributed by atoms with van der Waals surface area (Å²) in [6.07, 6.45) is 6.78. The van der Waals surface area contributed by atoms with Crippen LogP contribution in [-0.2, 0) is 0 Å². The van der Waals surface area contributed by atoms with Crippen LogP contribution in [0.15, 0.2) is 18.2 Å². The van der Waals surface area contributed by atoms with E-state index in [-0.39, 0.29) is 12.4 Å². The van der Waals surface area contributed by atoms with Gasteiger partial charge in [-0.15, -0.1) is 12.4 Å². The highest BCUT2D eigenvalue weighted by atomic mass is 35.5. The Bertz CT molecular complexity index is 674. The van der Waals surface area contributed by atoms with E-state index >= 15 is 0 Å². The number of ether oxygens (including phenoxy) is 1. The van der Waals surface area contributed by atoms with Crippen molar-refractivity contribution in [3.63, 3.8) is 0 Å². The first-order valence-electron chi connectivity index (χ1n) is 11.4. The summed E-state index contributed by atoms with van der Waals surface area (Å²) in [4.78, 5) is 5.33. The summed E-state index contributed by atoms with van der Waals surface area (Å²) in [6, 6.07) is 6.84. The zero-order valence-electron chi connectivity index (χ0n) is 19.2. The molecule has 0 N–H and O–H groups in total. The van der Waals surface area contributed by atoms with E-state index in [0.29, 0.717) is 16.7 Å². The summed E-state index contributed by atoms with van der Waals surface area (Å²) in [5.74, 6) is 2.62. The second-order valence-corrected chi connectivity index (χ2v) is 11.3. The Kier molecular flexibility index (Phi) is 6.80. The maximum absolute atomic E-state index is 5.63. The van der Waals surface area contributed by atoms with Gasteiger partial charge in [-0.1, -0.05) is 27.7 Å². The average molecular weight is 421 g/mol. The van der Waals surface area contributed by atoms with E-state index in [1.807, 2.05) is 0 Å². The molecule has 1 aromatic rings. The molecule has 1 saturated heterocycles. The highest BCUT2D eigenvalue weighted by Gasteiger charge is 2.40. The second kappa shape index (κ2) is 8.67. The fourth-order valence-corrected chi connectivity index (χ4v) is 6.18. The van der Waals surface area contributed by atoms with E-state index < -0.39 is 0 Å². The Labute approximate surface area is 184 Å². The molecule has 164 valence electrons. The molecule has 29 heavy (non-hydrogen) atoms. The molecular formula is C25H41ClN2O. The third kappa shape index (κ3) is 5.61. The molecule has 0 atom stereocenters. The second-order valence-electron chi connectivity index (χ2n) is 11.3. The van der Waals surface area contributed by atoms with E-state index in [4.69, 9.17) is 4.74 Å². The van der Waals surface area contributed by atoms with Crippen molar-refractivity contribution in [3.8, 4) is 5.75 Å². The maximum atomic E-state index is 5.63. The van der Waals surface area contributed by atoms with Crippen LogP contribution >= 0.6 is 12.4 Å². The van der Waals surface area contributed by atoms with Crippen molar-refractivity contribution in [2.24, 2.45) is 16.7 Å². The van der Waals surface area contributed by atoms with Crippen LogP contribution < -0.4 is 9.64 Å². The lowest BCUT2D eigenvalue weighted by Gasteiger charge is -2.46. The molecule has 3 aliphatic rings. The highest BCUT2D eigenvalue weighted by molar-refractivity contribution is 5.85. The van der Waals surface area contributed by atoms with Crippen molar-refractivity contribution in [1.29, 1.82) is 0 Å². The molecule has 1 heterocycles. The van der Waals surface area contributed by atoms with Crippen LogP contribution in [0.2, 0.25) is 0 Å². The number of methoxy groups -OCH3 is 1. The van der Waals surface area contributed by atoms with Crippen LogP contribution in [0.1, 0.15) is 71.3 Å². The summed E-state index contributed by atoms with van der Waals surface area (Å²) in [7, 11) is 1.80. The van der Waals surface area contributed by atoms with E-state index in [2.05, 4.69) is 55.7 Å². The van der Waals surface area contributed by atoms with Gasteiger partial charge in [0.15, 0.2) is 0 Å². The number of hydrogen-bond donors (Lipinski definition) is 0. The molecular weight excluding hydrogens is 380 g/mol. The Hall–Kier alpha value is -0.930. The number of rotatable bonds is 5. The Morgan fingerprint density at radius 1 is 0.966 bits per heavy atom. The molecule has 0 amide bonds. The summed E-state index contributed by atoms with van der Waals surface area (Å²) >= 11 is 0. The fraction of sp³-hybridized carbons (Fsp3) is 0.760. The van der Waals surface area contributed by atoms with Gasteiger partial charge in [0.1, 0.15) is 5.75 Å². The van der Waals surface area contributed by atoms with Gasteiger partial charge in [-0.3, -0.25) is 4.90 Å². The zero-order chi connectivity index (χ0) is 19.9. The predicted molar refractivity (Wildman–Crippen MR) is 126 cm³/mol. The Morgan fingerprint density at radius 3 is 2.14 bits per heavy atom. The molecule has 2 aliphatic carbocycles. The van der Waals surface area contributed by atoms with Crippen LogP contribution in [0.3, 0.4) is 0 Å². The van der Waals surface area contributed by atoms with Crippen molar-refractivity contribution >= 4 is 18.1 Å². The lowest BCUT2D eigenvalue weighted by atomic mass is 9.60. The Balaban J connectivity index is 0.00000240. The van der Waals surface area contributed by atoms with Crippen LogP contribution in [-0.4, -0.2) is 44.7 Å². The number of benzene rings is 1.